The molecule has 0 N–H and O–H groups in total. The fourth-order valence-electron chi connectivity index (χ4n) is 2.22. The highest BCUT2D eigenvalue weighted by Crippen LogP contribution is 2.41. The van der Waals surface area contributed by atoms with Gasteiger partial charge in [-0.15, -0.1) is 11.8 Å². The lowest BCUT2D eigenvalue weighted by molar-refractivity contribution is -0.119. The first-order valence-electron chi connectivity index (χ1n) is 5.51. The predicted octanol–water partition coefficient (Wildman–Crippen LogP) is 2.62. The smallest absolute Gasteiger partial charge is 0.161 e. The Kier molecular flexibility index (Phi) is 3.62. The molecule has 0 fully saturated rings. The molecule has 0 aliphatic heterocycles. The Bertz CT molecular complexity index is 443. The van der Waals surface area contributed by atoms with E-state index < -0.39 is 0 Å². The Morgan fingerprint density at radius 2 is 1.82 bits per heavy atom. The van der Waals surface area contributed by atoms with Crippen LogP contribution >= 0.6 is 11.8 Å². The Hall–Kier alpha value is -1.16. The Labute approximate surface area is 105 Å². The minimum Gasteiger partial charge on any atom is -0.493 e. The topological polar surface area (TPSA) is 35.5 Å². The molecule has 0 bridgehead atoms. The van der Waals surface area contributed by atoms with Gasteiger partial charge in [0.2, 0.25) is 0 Å². The molecule has 0 radical (unpaired) electrons. The van der Waals surface area contributed by atoms with E-state index in [-0.39, 0.29) is 5.25 Å². The fraction of sp³-hybridized carbons (Fsp3) is 0.462. The van der Waals surface area contributed by atoms with Crippen LogP contribution in [0.1, 0.15) is 22.8 Å². The van der Waals surface area contributed by atoms with E-state index in [1.54, 1.807) is 26.0 Å². The molecule has 2 rings (SSSR count). The molecule has 0 amide bonds. The van der Waals surface area contributed by atoms with E-state index in [1.165, 1.54) is 5.56 Å². The summed E-state index contributed by atoms with van der Waals surface area (Å²) in [5, 5.41) is -0.0569. The fourth-order valence-corrected chi connectivity index (χ4v) is 3.07. The van der Waals surface area contributed by atoms with Crippen LogP contribution in [0.15, 0.2) is 12.1 Å². The third kappa shape index (κ3) is 2.14. The zero-order chi connectivity index (χ0) is 12.4. The normalized spacial score (nSPS) is 18.8. The second-order valence-electron chi connectivity index (χ2n) is 3.99. The minimum absolute atomic E-state index is 0.0569. The van der Waals surface area contributed by atoms with Gasteiger partial charge in [-0.1, -0.05) is 0 Å². The number of ether oxygens (including phenoxy) is 2. The van der Waals surface area contributed by atoms with Gasteiger partial charge in [0.25, 0.3) is 0 Å². The van der Waals surface area contributed by atoms with Crippen molar-refractivity contribution in [2.75, 3.05) is 20.5 Å². The predicted molar refractivity (Wildman–Crippen MR) is 69.1 cm³/mol. The molecule has 92 valence electrons. The quantitative estimate of drug-likeness (QED) is 0.828. The van der Waals surface area contributed by atoms with E-state index in [1.807, 2.05) is 18.4 Å². The van der Waals surface area contributed by atoms with Gasteiger partial charge in [0.05, 0.1) is 19.5 Å². The van der Waals surface area contributed by atoms with Crippen LogP contribution in [0.25, 0.3) is 0 Å². The van der Waals surface area contributed by atoms with Crippen LogP contribution in [0.2, 0.25) is 0 Å². The van der Waals surface area contributed by atoms with Gasteiger partial charge in [-0.05, 0) is 35.9 Å². The largest absolute Gasteiger partial charge is 0.493 e. The summed E-state index contributed by atoms with van der Waals surface area (Å²) < 4.78 is 10.6. The monoisotopic (exact) mass is 252 g/mol. The molecule has 0 heterocycles. The molecule has 17 heavy (non-hydrogen) atoms. The molecule has 0 spiro atoms. The third-order valence-electron chi connectivity index (χ3n) is 3.10. The average Bonchev–Trinajstić information content (AvgIpc) is 2.37. The molecular formula is C13H16O3S. The van der Waals surface area contributed by atoms with E-state index in [0.717, 1.165) is 17.7 Å². The lowest BCUT2D eigenvalue weighted by Crippen LogP contribution is -2.18. The molecule has 3 nitrogen and oxygen atoms in total. The number of Topliss-reactive ketones (excluding diaryl/α,β-unsaturated/α-hetero) is 1. The second-order valence-corrected chi connectivity index (χ2v) is 4.93. The SMILES string of the molecule is COc1cc2c(cc1OC)C(SC)C(=O)CC2. The summed E-state index contributed by atoms with van der Waals surface area (Å²) in [5.41, 5.74) is 2.27. The summed E-state index contributed by atoms with van der Waals surface area (Å²) in [4.78, 5) is 11.8. The number of carbonyl (C=O) groups is 1. The number of aryl methyl sites for hydroxylation is 1. The number of ketones is 1. The summed E-state index contributed by atoms with van der Waals surface area (Å²) in [6, 6.07) is 3.93. The van der Waals surface area contributed by atoms with Crippen molar-refractivity contribution < 1.29 is 14.3 Å². The zero-order valence-corrected chi connectivity index (χ0v) is 11.1. The molecule has 1 unspecified atom stereocenters. The number of thioether (sulfide) groups is 1. The van der Waals surface area contributed by atoms with Crippen LogP contribution in [-0.2, 0) is 11.2 Å². The van der Waals surface area contributed by atoms with Gasteiger partial charge < -0.3 is 9.47 Å². The molecule has 4 heteroatoms. The number of fused-ring (bicyclic) bond motifs is 1. The van der Waals surface area contributed by atoms with Crippen LogP contribution in [0.3, 0.4) is 0 Å². The molecule has 1 atom stereocenters. The summed E-state index contributed by atoms with van der Waals surface area (Å²) in [7, 11) is 3.24. The number of methoxy groups -OCH3 is 2. The Balaban J connectivity index is 2.52. The Morgan fingerprint density at radius 1 is 1.18 bits per heavy atom. The molecular weight excluding hydrogens is 236 g/mol. The molecule has 0 saturated heterocycles. The third-order valence-corrected chi connectivity index (χ3v) is 4.08. The summed E-state index contributed by atoms with van der Waals surface area (Å²) in [6.45, 7) is 0. The van der Waals surface area contributed by atoms with Crippen LogP contribution in [-0.4, -0.2) is 26.3 Å². The number of hydrogen-bond acceptors (Lipinski definition) is 4. The van der Waals surface area contributed by atoms with Crippen LogP contribution in [0, 0.1) is 0 Å². The first-order chi connectivity index (χ1) is 8.21. The lowest BCUT2D eigenvalue weighted by Gasteiger charge is -2.24. The van der Waals surface area contributed by atoms with Gasteiger partial charge in [-0.2, -0.15) is 0 Å². The first kappa shape index (κ1) is 12.3. The summed E-state index contributed by atoms with van der Waals surface area (Å²) >= 11 is 1.58. The standard InChI is InChI=1S/C13H16O3S/c1-15-11-6-8-4-5-10(14)13(17-3)9(8)7-12(11)16-2/h6-7,13H,4-5H2,1-3H3. The number of rotatable bonds is 3. The van der Waals surface area contributed by atoms with Gasteiger partial charge in [-0.3, -0.25) is 4.79 Å². The molecule has 1 aliphatic rings. The molecule has 1 aromatic rings. The van der Waals surface area contributed by atoms with Crippen LogP contribution in [0.4, 0.5) is 0 Å². The summed E-state index contributed by atoms with van der Waals surface area (Å²) in [5.74, 6) is 1.73. The van der Waals surface area contributed by atoms with Crippen molar-refractivity contribution in [1.82, 2.24) is 0 Å². The lowest BCUT2D eigenvalue weighted by atomic mass is 9.90. The van der Waals surface area contributed by atoms with Crippen molar-refractivity contribution in [1.29, 1.82) is 0 Å². The maximum Gasteiger partial charge on any atom is 0.161 e. The molecule has 0 saturated carbocycles. The second kappa shape index (κ2) is 5.00. The van der Waals surface area contributed by atoms with Crippen LogP contribution < -0.4 is 9.47 Å². The number of carbonyl (C=O) groups excluding carboxylic acids is 1. The van der Waals surface area contributed by atoms with Gasteiger partial charge in [0, 0.05) is 6.42 Å². The number of benzene rings is 1. The van der Waals surface area contributed by atoms with Crippen molar-refractivity contribution in [2.24, 2.45) is 0 Å². The minimum atomic E-state index is -0.0569. The van der Waals surface area contributed by atoms with E-state index >= 15 is 0 Å². The van der Waals surface area contributed by atoms with Gasteiger partial charge in [0.15, 0.2) is 17.3 Å². The van der Waals surface area contributed by atoms with E-state index in [0.29, 0.717) is 18.0 Å². The average molecular weight is 252 g/mol. The molecule has 0 aromatic heterocycles. The highest BCUT2D eigenvalue weighted by atomic mass is 32.2. The maximum absolute atomic E-state index is 11.8. The van der Waals surface area contributed by atoms with Crippen molar-refractivity contribution >= 4 is 17.5 Å². The van der Waals surface area contributed by atoms with Crippen molar-refractivity contribution in [3.8, 4) is 11.5 Å². The first-order valence-corrected chi connectivity index (χ1v) is 6.80. The van der Waals surface area contributed by atoms with Gasteiger partial charge >= 0.3 is 0 Å². The highest BCUT2D eigenvalue weighted by Gasteiger charge is 2.28. The van der Waals surface area contributed by atoms with Crippen LogP contribution in [0.5, 0.6) is 11.5 Å². The molecule has 1 aliphatic carbocycles. The van der Waals surface area contributed by atoms with E-state index in [4.69, 9.17) is 9.47 Å². The summed E-state index contributed by atoms with van der Waals surface area (Å²) in [6.07, 6.45) is 3.38. The van der Waals surface area contributed by atoms with E-state index in [2.05, 4.69) is 0 Å². The van der Waals surface area contributed by atoms with Crippen molar-refractivity contribution in [3.05, 3.63) is 23.3 Å². The van der Waals surface area contributed by atoms with E-state index in [9.17, 15) is 4.79 Å². The van der Waals surface area contributed by atoms with Crippen molar-refractivity contribution in [2.45, 2.75) is 18.1 Å². The zero-order valence-electron chi connectivity index (χ0n) is 10.3. The maximum atomic E-state index is 11.8. The highest BCUT2D eigenvalue weighted by molar-refractivity contribution is 7.99. The van der Waals surface area contributed by atoms with Crippen molar-refractivity contribution in [3.63, 3.8) is 0 Å². The number of hydrogen-bond donors (Lipinski definition) is 0. The van der Waals surface area contributed by atoms with Gasteiger partial charge in [0.1, 0.15) is 0 Å². The van der Waals surface area contributed by atoms with Gasteiger partial charge in [-0.25, -0.2) is 0 Å². The Morgan fingerprint density at radius 3 is 2.41 bits per heavy atom. The molecule has 1 aromatic carbocycles.